The molecule has 6 fully saturated rings. The van der Waals surface area contributed by atoms with E-state index >= 15 is 0 Å². The summed E-state index contributed by atoms with van der Waals surface area (Å²) in [6.45, 7) is 0. The zero-order valence-electron chi connectivity index (χ0n) is 32.5. The molecule has 18 nitrogen and oxygen atoms in total. The van der Waals surface area contributed by atoms with Gasteiger partial charge in [-0.2, -0.15) is 20.5 Å². The Bertz CT molecular complexity index is 1740. The first-order valence-corrected chi connectivity index (χ1v) is 23.6. The average Bonchev–Trinajstić information content (AvgIpc) is 3.05. The van der Waals surface area contributed by atoms with Crippen molar-refractivity contribution >= 4 is 41.7 Å². The Morgan fingerprint density at radius 2 is 1.21 bits per heavy atom. The van der Waals surface area contributed by atoms with Crippen LogP contribution in [0.4, 0.5) is 0 Å². The molecular formula is C30H47Li4N5O13S4. The molecule has 6 aliphatic rings. The molecule has 17 atom stereocenters. The van der Waals surface area contributed by atoms with Crippen molar-refractivity contribution in [1.82, 2.24) is 0 Å². The van der Waals surface area contributed by atoms with Crippen molar-refractivity contribution in [1.29, 1.82) is 0 Å². The van der Waals surface area contributed by atoms with E-state index in [0.29, 0.717) is 51.4 Å². The van der Waals surface area contributed by atoms with Crippen molar-refractivity contribution < 1.29 is 132 Å². The minimum Gasteiger partial charge on any atom is -0.750 e. The molecule has 6 rings (SSSR count). The van der Waals surface area contributed by atoms with Crippen molar-refractivity contribution in [2.24, 2.45) is 61.7 Å². The Kier molecular flexibility index (Phi) is 20.6. The average molecular weight is 842 g/mol. The van der Waals surface area contributed by atoms with E-state index in [0.717, 1.165) is 6.42 Å². The molecule has 6 aliphatic carbocycles. The van der Waals surface area contributed by atoms with E-state index in [1.165, 1.54) is 0 Å². The van der Waals surface area contributed by atoms with Crippen molar-refractivity contribution in [3.05, 3.63) is 0 Å². The number of nitrogens with two attached hydrogens (primary N) is 1. The van der Waals surface area contributed by atoms with Gasteiger partial charge in [-0.15, -0.1) is 0 Å². The van der Waals surface area contributed by atoms with Gasteiger partial charge in [0, 0.05) is 11.3 Å². The van der Waals surface area contributed by atoms with Crippen LogP contribution in [0.3, 0.4) is 0 Å². The standard InChI is InChI=1S/C30H51N5O13S4.4Li/c31-23-14-21-16(12-28(23)52(45,46)47)11-26(48-49(37)38)29(30(21)36)35-34-25-9-8-24(20-7-5-18(13-22(20)25)50(39,40)41)33-32-17-4-6-19-15(10-17)2-1-3-27(19)51(42,43)44;;;;/h15-30,36H,1-14,31H2,(H,37,38)(H,39,40,41)(H,42,43,44)(H,45,46,47);;;;/q;4*+1/p-4. The van der Waals surface area contributed by atoms with E-state index in [9.17, 15) is 52.8 Å². The molecule has 298 valence electrons. The topological polar surface area (TPSA) is 317 Å². The molecule has 0 saturated heterocycles. The molecular weight excluding hydrogens is 794 g/mol. The number of azo groups is 2. The fraction of sp³-hybridized carbons (Fsp3) is 1.00. The van der Waals surface area contributed by atoms with Gasteiger partial charge in [0.2, 0.25) is 0 Å². The van der Waals surface area contributed by atoms with Crippen LogP contribution in [0.2, 0.25) is 0 Å². The second kappa shape index (κ2) is 21.6. The SMILES string of the molecule is NC1CC2C(CC(OS(=O)[O-])C(N=NC3CCC(N=NC4CCC5C(CCCC5S(=O)(=O)[O-])C4)C4CCC(S(=O)(=O)[O-])CC34)C2O)CC1S(=O)(=O)[O-].[Li+].[Li+].[Li+].[Li+]. The van der Waals surface area contributed by atoms with Gasteiger partial charge in [0.15, 0.2) is 0 Å². The Hall–Kier alpha value is 1.31. The fourth-order valence-corrected chi connectivity index (χ4v) is 14.2. The summed E-state index contributed by atoms with van der Waals surface area (Å²) in [5.41, 5.74) is 6.04. The van der Waals surface area contributed by atoms with E-state index in [1.807, 2.05) is 0 Å². The number of fused-ring (bicyclic) bond motifs is 3. The number of aliphatic hydroxyl groups is 1. The van der Waals surface area contributed by atoms with E-state index < -0.39 is 106 Å². The summed E-state index contributed by atoms with van der Waals surface area (Å²) in [6, 6.07) is -3.24. The molecule has 0 amide bonds. The van der Waals surface area contributed by atoms with Crippen LogP contribution in [0.5, 0.6) is 0 Å². The molecule has 0 radical (unpaired) electrons. The van der Waals surface area contributed by atoms with Crippen LogP contribution in [0.15, 0.2) is 20.5 Å². The summed E-state index contributed by atoms with van der Waals surface area (Å²) < 4.78 is 136. The third-order valence-corrected chi connectivity index (χ3v) is 17.4. The number of hydrogen-bond acceptors (Lipinski definition) is 18. The molecule has 0 heterocycles. The normalized spacial score (nSPS) is 42.3. The van der Waals surface area contributed by atoms with E-state index in [2.05, 4.69) is 15.3 Å². The Balaban J connectivity index is 0.00000271. The van der Waals surface area contributed by atoms with Crippen molar-refractivity contribution in [2.75, 3.05) is 0 Å². The molecule has 0 aromatic rings. The number of rotatable bonds is 9. The first-order valence-electron chi connectivity index (χ1n) is 18.1. The molecule has 26 heteroatoms. The molecule has 0 aliphatic heterocycles. The monoisotopic (exact) mass is 841 g/mol. The van der Waals surface area contributed by atoms with Gasteiger partial charge in [-0.3, -0.25) is 4.18 Å². The first-order chi connectivity index (χ1) is 24.3. The third kappa shape index (κ3) is 12.5. The molecule has 3 N–H and O–H groups in total. The van der Waals surface area contributed by atoms with Gasteiger partial charge in [0.05, 0.1) is 76.4 Å². The Morgan fingerprint density at radius 3 is 1.82 bits per heavy atom. The predicted molar refractivity (Wildman–Crippen MR) is 179 cm³/mol. The van der Waals surface area contributed by atoms with Crippen LogP contribution >= 0.6 is 0 Å². The molecule has 0 bridgehead atoms. The molecule has 56 heavy (non-hydrogen) atoms. The zero-order valence-corrected chi connectivity index (χ0v) is 35.7. The van der Waals surface area contributed by atoms with Gasteiger partial charge in [-0.25, -0.2) is 29.5 Å². The summed E-state index contributed by atoms with van der Waals surface area (Å²) in [5, 5.41) is 26.4. The quantitative estimate of drug-likeness (QED) is 0.0943. The molecule has 0 spiro atoms. The predicted octanol–water partition coefficient (Wildman–Crippen LogP) is -10.8. The first kappa shape index (κ1) is 53.4. The van der Waals surface area contributed by atoms with Crippen LogP contribution in [-0.4, -0.2) is 111 Å². The van der Waals surface area contributed by atoms with Crippen LogP contribution < -0.4 is 81.2 Å². The summed E-state index contributed by atoms with van der Waals surface area (Å²) in [4.78, 5) is 0. The van der Waals surface area contributed by atoms with Crippen molar-refractivity contribution in [3.63, 3.8) is 0 Å². The molecule has 0 aromatic carbocycles. The van der Waals surface area contributed by atoms with Crippen LogP contribution in [0.1, 0.15) is 89.9 Å². The van der Waals surface area contributed by atoms with Gasteiger partial charge in [0.1, 0.15) is 12.1 Å². The maximum absolute atomic E-state index is 12.1. The fourth-order valence-electron chi connectivity index (χ4n) is 10.7. The number of nitrogens with zero attached hydrogens (tertiary/aromatic N) is 4. The maximum atomic E-state index is 12.1. The second-order valence-electron chi connectivity index (χ2n) is 15.9. The van der Waals surface area contributed by atoms with E-state index in [1.54, 1.807) is 0 Å². The van der Waals surface area contributed by atoms with Crippen LogP contribution in [0, 0.1) is 35.5 Å². The van der Waals surface area contributed by atoms with Crippen LogP contribution in [0.25, 0.3) is 0 Å². The Labute approximate surface area is 380 Å². The van der Waals surface area contributed by atoms with Crippen molar-refractivity contribution in [3.8, 4) is 0 Å². The smallest absolute Gasteiger partial charge is 0.750 e. The molecule has 6 saturated carbocycles. The Morgan fingerprint density at radius 1 is 0.607 bits per heavy atom. The minimum atomic E-state index is -4.75. The number of aliphatic hydroxyl groups excluding tert-OH is 1. The van der Waals surface area contributed by atoms with E-state index in [4.69, 9.17) is 15.0 Å². The molecule has 0 aromatic heterocycles. The summed E-state index contributed by atoms with van der Waals surface area (Å²) >= 11 is -3.02. The maximum Gasteiger partial charge on any atom is 1.00 e. The van der Waals surface area contributed by atoms with Gasteiger partial charge in [-0.1, -0.05) is 12.8 Å². The minimum absolute atomic E-state index is 0. The van der Waals surface area contributed by atoms with Gasteiger partial charge in [0.25, 0.3) is 0 Å². The second-order valence-corrected chi connectivity index (χ2v) is 21.4. The summed E-state index contributed by atoms with van der Waals surface area (Å²) in [7, 11) is -13.8. The largest absolute Gasteiger partial charge is 1.00 e. The summed E-state index contributed by atoms with van der Waals surface area (Å²) in [5.74, 6) is -1.91. The van der Waals surface area contributed by atoms with Crippen molar-refractivity contribution in [2.45, 2.75) is 148 Å². The van der Waals surface area contributed by atoms with Crippen LogP contribution in [-0.2, 0) is 45.9 Å². The summed E-state index contributed by atoms with van der Waals surface area (Å²) in [6.07, 6.45) is 2.41. The zero-order chi connectivity index (χ0) is 37.7. The number of hydrogen-bond donors (Lipinski definition) is 2. The van der Waals surface area contributed by atoms with Gasteiger partial charge < -0.3 is 29.1 Å². The molecule has 17 unspecified atom stereocenters. The van der Waals surface area contributed by atoms with Gasteiger partial charge >= 0.3 is 75.4 Å². The van der Waals surface area contributed by atoms with E-state index in [-0.39, 0.29) is 137 Å². The van der Waals surface area contributed by atoms with Gasteiger partial charge in [-0.05, 0) is 113 Å². The third-order valence-electron chi connectivity index (χ3n) is 13.2.